The van der Waals surface area contributed by atoms with Crippen LogP contribution in [0.25, 0.3) is 16.9 Å². The number of benzene rings is 3. The SMILES string of the molecule is COC(=O)c1cc(CN[C@H]2CCc3c2ccc(C(=O)O)c3C)n2nccc2n1.COC(=O)c1cc(CN[C@H]2CCc3c2ccc(C(=O)OC(C)(C)C)c3C)n2nccc2n1.Cc1c(C(=O)O)ccc2c1CC[C@@H]2NCc1cc(C(=O)O)nc2ccnn12. The van der Waals surface area contributed by atoms with E-state index in [1.807, 2.05) is 65.8 Å². The number of carbonyl (C=O) groups excluding carboxylic acids is 3. The molecule has 24 heteroatoms. The van der Waals surface area contributed by atoms with Gasteiger partial charge in [0.25, 0.3) is 0 Å². The highest BCUT2D eigenvalue weighted by Crippen LogP contribution is 2.38. The van der Waals surface area contributed by atoms with E-state index in [1.54, 1.807) is 74.6 Å². The molecule has 6 heterocycles. The van der Waals surface area contributed by atoms with Crippen LogP contribution in [-0.4, -0.2) is 115 Å². The second-order valence-corrected chi connectivity index (χ2v) is 22.4. The molecule has 3 aromatic carbocycles. The first kappa shape index (κ1) is 60.3. The first-order valence-electron chi connectivity index (χ1n) is 28.3. The summed E-state index contributed by atoms with van der Waals surface area (Å²) in [4.78, 5) is 83.1. The molecule has 0 saturated heterocycles. The Balaban J connectivity index is 0.000000145. The van der Waals surface area contributed by atoms with Gasteiger partial charge in [-0.05, 0) is 167 Å². The number of fused-ring (bicyclic) bond motifs is 6. The van der Waals surface area contributed by atoms with Crippen molar-refractivity contribution < 1.29 is 58.3 Å². The molecule has 450 valence electrons. The van der Waals surface area contributed by atoms with Gasteiger partial charge in [0.1, 0.15) is 5.60 Å². The molecule has 3 aliphatic rings. The zero-order valence-electron chi connectivity index (χ0n) is 49.3. The topological polar surface area (TPSA) is 317 Å². The van der Waals surface area contributed by atoms with E-state index >= 15 is 0 Å². The maximum Gasteiger partial charge on any atom is 0.356 e. The van der Waals surface area contributed by atoms with Crippen LogP contribution in [0.5, 0.6) is 0 Å². The van der Waals surface area contributed by atoms with Gasteiger partial charge in [-0.25, -0.2) is 57.3 Å². The lowest BCUT2D eigenvalue weighted by atomic mass is 9.97. The molecule has 87 heavy (non-hydrogen) atoms. The third-order valence-corrected chi connectivity index (χ3v) is 16.1. The highest BCUT2D eigenvalue weighted by atomic mass is 16.6. The summed E-state index contributed by atoms with van der Waals surface area (Å²) in [7, 11) is 2.66. The molecular formula is C63H66N12O12. The fourth-order valence-electron chi connectivity index (χ4n) is 11.8. The average molecular weight is 1180 g/mol. The smallest absolute Gasteiger partial charge is 0.356 e. The number of hydrogen-bond acceptors (Lipinski definition) is 18. The van der Waals surface area contributed by atoms with Gasteiger partial charge in [-0.3, -0.25) is 0 Å². The summed E-state index contributed by atoms with van der Waals surface area (Å²) < 4.78 is 20.2. The molecule has 0 saturated carbocycles. The summed E-state index contributed by atoms with van der Waals surface area (Å²) in [6, 6.07) is 21.3. The molecular weight excluding hydrogens is 1120 g/mol. The van der Waals surface area contributed by atoms with E-state index in [0.29, 0.717) is 59.0 Å². The Kier molecular flexibility index (Phi) is 17.4. The number of carboxylic acids is 3. The normalized spacial score (nSPS) is 15.7. The number of esters is 3. The minimum absolute atomic E-state index is 0.0198. The molecule has 0 fully saturated rings. The number of nitrogens with one attached hydrogen (secondary N) is 3. The van der Waals surface area contributed by atoms with Crippen molar-refractivity contribution in [2.75, 3.05) is 14.2 Å². The molecule has 0 spiro atoms. The van der Waals surface area contributed by atoms with Crippen LogP contribution < -0.4 is 16.0 Å². The summed E-state index contributed by atoms with van der Waals surface area (Å²) >= 11 is 0. The molecule has 9 aromatic rings. The number of hydrogen-bond donors (Lipinski definition) is 6. The van der Waals surface area contributed by atoms with E-state index in [1.165, 1.54) is 31.4 Å². The fourth-order valence-corrected chi connectivity index (χ4v) is 11.8. The van der Waals surface area contributed by atoms with E-state index in [-0.39, 0.29) is 41.2 Å². The van der Waals surface area contributed by atoms with Crippen molar-refractivity contribution in [3.8, 4) is 0 Å². The zero-order valence-corrected chi connectivity index (χ0v) is 49.3. The number of nitrogens with zero attached hydrogens (tertiary/aromatic N) is 9. The van der Waals surface area contributed by atoms with Gasteiger partial charge in [-0.1, -0.05) is 18.2 Å². The highest BCUT2D eigenvalue weighted by Gasteiger charge is 2.31. The second-order valence-electron chi connectivity index (χ2n) is 22.4. The van der Waals surface area contributed by atoms with E-state index in [2.05, 4.69) is 46.2 Å². The Morgan fingerprint density at radius 2 is 0.816 bits per heavy atom. The fraction of sp³-hybridized carbons (Fsp3) is 0.333. The van der Waals surface area contributed by atoms with Crippen molar-refractivity contribution in [1.29, 1.82) is 0 Å². The van der Waals surface area contributed by atoms with Gasteiger partial charge in [-0.2, -0.15) is 15.3 Å². The van der Waals surface area contributed by atoms with Gasteiger partial charge >= 0.3 is 35.8 Å². The maximum absolute atomic E-state index is 12.6. The molecule has 0 amide bonds. The number of methoxy groups -OCH3 is 2. The summed E-state index contributed by atoms with van der Waals surface area (Å²) in [6.07, 6.45) is 10.1. The predicted molar refractivity (Wildman–Crippen MR) is 315 cm³/mol. The summed E-state index contributed by atoms with van der Waals surface area (Å²) in [5, 5.41) is 51.2. The monoisotopic (exact) mass is 1180 g/mol. The quantitative estimate of drug-likeness (QED) is 0.0417. The van der Waals surface area contributed by atoms with Crippen molar-refractivity contribution in [2.24, 2.45) is 0 Å². The Labute approximate surface area is 498 Å². The Bertz CT molecular complexity index is 4200. The molecule has 24 nitrogen and oxygen atoms in total. The minimum Gasteiger partial charge on any atom is -0.478 e. The number of carboxylic acid groups (broad SMARTS) is 3. The van der Waals surface area contributed by atoms with Crippen molar-refractivity contribution in [1.82, 2.24) is 59.7 Å². The molecule has 6 N–H and O–H groups in total. The van der Waals surface area contributed by atoms with E-state index < -0.39 is 35.4 Å². The third-order valence-electron chi connectivity index (χ3n) is 16.1. The van der Waals surface area contributed by atoms with Crippen LogP contribution in [0.1, 0.15) is 188 Å². The van der Waals surface area contributed by atoms with Crippen LogP contribution in [0.3, 0.4) is 0 Å². The van der Waals surface area contributed by atoms with Crippen LogP contribution in [0.2, 0.25) is 0 Å². The molecule has 0 bridgehead atoms. The van der Waals surface area contributed by atoms with Gasteiger partial charge in [0.2, 0.25) is 0 Å². The number of ether oxygens (including phenoxy) is 3. The maximum atomic E-state index is 12.6. The number of rotatable bonds is 15. The van der Waals surface area contributed by atoms with Crippen LogP contribution in [0.15, 0.2) is 91.4 Å². The first-order chi connectivity index (χ1) is 41.6. The van der Waals surface area contributed by atoms with Crippen molar-refractivity contribution in [3.05, 3.63) is 192 Å². The van der Waals surface area contributed by atoms with Crippen LogP contribution in [-0.2, 0) is 53.1 Å². The van der Waals surface area contributed by atoms with Crippen LogP contribution >= 0.6 is 0 Å². The lowest BCUT2D eigenvalue weighted by Gasteiger charge is -2.21. The number of carbonyl (C=O) groups is 6. The second kappa shape index (κ2) is 25.0. The van der Waals surface area contributed by atoms with Crippen molar-refractivity contribution in [2.45, 2.75) is 123 Å². The molecule has 3 atom stereocenters. The summed E-state index contributed by atoms with van der Waals surface area (Å²) in [5.41, 5.74) is 14.6. The number of aromatic carboxylic acids is 3. The standard InChI is InChI=1S/C24H28N4O4.C20H20N4O4.C19H18N4O4/c1-14-16-8-9-19(18(16)7-6-17(14)22(29)32-24(2,3)4)25-13-15-12-20(23(30)31-5)27-21-10-11-26-28(15)21;1-11-13-5-6-16(15(13)4-3-14(11)19(25)26)21-10-12-9-17(20(27)28-2)23-18-7-8-22-24(12)18;1-10-12-4-5-15(14(12)3-2-13(10)18(24)25)20-9-11-8-16(19(26)27)22-17-6-7-21-23(11)17/h6-7,10-12,19,25H,8-9,13H2,1-5H3;3-4,7-9,16,21H,5-6,10H2,1-2H3,(H,25,26);2-3,6-8,15,20H,4-5,9H2,1H3,(H,24,25)(H,26,27)/t19-;16-;15-/m000/s1. The Hall–Kier alpha value is -9.78. The summed E-state index contributed by atoms with van der Waals surface area (Å²) in [6.45, 7) is 12.7. The first-order valence-corrected chi connectivity index (χ1v) is 28.3. The lowest BCUT2D eigenvalue weighted by molar-refractivity contribution is 0.00675. The molecule has 0 unspecified atom stereocenters. The Morgan fingerprint density at radius 1 is 0.483 bits per heavy atom. The molecule has 0 radical (unpaired) electrons. The van der Waals surface area contributed by atoms with Gasteiger partial charge in [0.05, 0.1) is 66.6 Å². The number of aromatic nitrogens is 9. The molecule has 0 aliphatic heterocycles. The van der Waals surface area contributed by atoms with E-state index in [9.17, 15) is 44.1 Å². The zero-order chi connectivity index (χ0) is 62.0. The van der Waals surface area contributed by atoms with E-state index in [4.69, 9.17) is 14.2 Å². The van der Waals surface area contributed by atoms with Crippen molar-refractivity contribution >= 4 is 52.8 Å². The lowest BCUT2D eigenvalue weighted by Crippen LogP contribution is -2.24. The molecule has 12 rings (SSSR count). The van der Waals surface area contributed by atoms with Gasteiger partial charge in [0.15, 0.2) is 34.0 Å². The minimum atomic E-state index is -1.08. The predicted octanol–water partition coefficient (Wildman–Crippen LogP) is 8.07. The third kappa shape index (κ3) is 12.6. The van der Waals surface area contributed by atoms with E-state index in [0.717, 1.165) is 88.9 Å². The highest BCUT2D eigenvalue weighted by molar-refractivity contribution is 5.93. The summed E-state index contributed by atoms with van der Waals surface area (Å²) in [5.74, 6) is -4.15. The Morgan fingerprint density at radius 3 is 1.15 bits per heavy atom. The molecule has 3 aliphatic carbocycles. The van der Waals surface area contributed by atoms with Gasteiger partial charge in [0, 0.05) is 56.0 Å². The van der Waals surface area contributed by atoms with Crippen molar-refractivity contribution in [3.63, 3.8) is 0 Å². The largest absolute Gasteiger partial charge is 0.478 e. The van der Waals surface area contributed by atoms with Gasteiger partial charge < -0.3 is 45.5 Å². The van der Waals surface area contributed by atoms with Crippen LogP contribution in [0, 0.1) is 20.8 Å². The average Bonchev–Trinajstić information content (AvgIpc) is 2.18. The molecule has 6 aromatic heterocycles. The van der Waals surface area contributed by atoms with Crippen LogP contribution in [0.4, 0.5) is 0 Å². The van der Waals surface area contributed by atoms with Gasteiger partial charge in [-0.15, -0.1) is 0 Å².